The Balaban J connectivity index is 2.13. The van der Waals surface area contributed by atoms with Crippen molar-refractivity contribution in [3.63, 3.8) is 0 Å². The molecule has 0 aromatic heterocycles. The Hall–Kier alpha value is -2.04. The van der Waals surface area contributed by atoms with Crippen LogP contribution in [-0.2, 0) is 4.79 Å². The molecule has 1 N–H and O–H groups in total. The summed E-state index contributed by atoms with van der Waals surface area (Å²) >= 11 is 0. The fourth-order valence-corrected chi connectivity index (χ4v) is 4.20. The fraction of sp³-hybridized carbons (Fsp3) is 0.667. The molecule has 1 heterocycles. The maximum Gasteiger partial charge on any atom is 0.256 e. The fourth-order valence-electron chi connectivity index (χ4n) is 4.20. The SMILES string of the molecule is CC1CCN(C(=O)c2cc(NC(=O)CC(C)CC(C)(C)C)ccc2N(C)C)CC1. The van der Waals surface area contributed by atoms with Crippen LogP contribution in [0.4, 0.5) is 11.4 Å². The first-order valence-electron chi connectivity index (χ1n) is 10.9. The Morgan fingerprint density at radius 3 is 2.38 bits per heavy atom. The first-order valence-corrected chi connectivity index (χ1v) is 10.9. The number of amides is 2. The highest BCUT2D eigenvalue weighted by atomic mass is 16.2. The normalized spacial score (nSPS) is 16.4. The number of rotatable bonds is 6. The van der Waals surface area contributed by atoms with Gasteiger partial charge in [-0.25, -0.2) is 0 Å². The minimum Gasteiger partial charge on any atom is -0.377 e. The van der Waals surface area contributed by atoms with E-state index in [-0.39, 0.29) is 17.2 Å². The van der Waals surface area contributed by atoms with Crippen LogP contribution < -0.4 is 10.2 Å². The minimum absolute atomic E-state index is 0.00421. The van der Waals surface area contributed by atoms with Crippen molar-refractivity contribution >= 4 is 23.2 Å². The lowest BCUT2D eigenvalue weighted by atomic mass is 9.84. The van der Waals surface area contributed by atoms with E-state index >= 15 is 0 Å². The number of hydrogen-bond acceptors (Lipinski definition) is 3. The van der Waals surface area contributed by atoms with Crippen molar-refractivity contribution in [1.82, 2.24) is 4.90 Å². The van der Waals surface area contributed by atoms with Crippen molar-refractivity contribution in [2.75, 3.05) is 37.4 Å². The molecule has 1 saturated heterocycles. The van der Waals surface area contributed by atoms with Crippen LogP contribution in [0.25, 0.3) is 0 Å². The van der Waals surface area contributed by atoms with Crippen molar-refractivity contribution in [2.45, 2.75) is 60.3 Å². The van der Waals surface area contributed by atoms with Crippen molar-refractivity contribution in [3.05, 3.63) is 23.8 Å². The molecule has 0 saturated carbocycles. The number of nitrogens with zero attached hydrogens (tertiary/aromatic N) is 2. The molecule has 2 amide bonds. The third-order valence-corrected chi connectivity index (χ3v) is 5.56. The summed E-state index contributed by atoms with van der Waals surface area (Å²) in [5.74, 6) is 1.04. The van der Waals surface area contributed by atoms with E-state index in [1.165, 1.54) is 0 Å². The summed E-state index contributed by atoms with van der Waals surface area (Å²) in [4.78, 5) is 29.6. The van der Waals surface area contributed by atoms with Crippen LogP contribution in [0, 0.1) is 17.3 Å². The third-order valence-electron chi connectivity index (χ3n) is 5.56. The summed E-state index contributed by atoms with van der Waals surface area (Å²) in [6.07, 6.45) is 3.58. The molecule has 0 bridgehead atoms. The zero-order valence-corrected chi connectivity index (χ0v) is 19.3. The Kier molecular flexibility index (Phi) is 7.73. The van der Waals surface area contributed by atoms with Gasteiger partial charge in [0, 0.05) is 45.0 Å². The number of anilines is 2. The van der Waals surface area contributed by atoms with Crippen LogP contribution in [0.5, 0.6) is 0 Å². The molecule has 1 aliphatic heterocycles. The van der Waals surface area contributed by atoms with Crippen LogP contribution in [0.3, 0.4) is 0 Å². The summed E-state index contributed by atoms with van der Waals surface area (Å²) in [5, 5.41) is 3.00. The lowest BCUT2D eigenvalue weighted by Crippen LogP contribution is -2.38. The molecule has 1 aromatic rings. The smallest absolute Gasteiger partial charge is 0.256 e. The van der Waals surface area contributed by atoms with Crippen molar-refractivity contribution in [1.29, 1.82) is 0 Å². The van der Waals surface area contributed by atoms with Crippen molar-refractivity contribution in [3.8, 4) is 0 Å². The minimum atomic E-state index is 0.00421. The molecule has 29 heavy (non-hydrogen) atoms. The Morgan fingerprint density at radius 2 is 1.83 bits per heavy atom. The number of benzene rings is 1. The molecule has 5 nitrogen and oxygen atoms in total. The third kappa shape index (κ3) is 7.06. The molecule has 1 unspecified atom stereocenters. The van der Waals surface area contributed by atoms with Gasteiger partial charge in [-0.2, -0.15) is 0 Å². The van der Waals surface area contributed by atoms with Gasteiger partial charge in [-0.3, -0.25) is 9.59 Å². The second kappa shape index (κ2) is 9.64. The molecule has 1 atom stereocenters. The van der Waals surface area contributed by atoms with Crippen molar-refractivity contribution < 1.29 is 9.59 Å². The molecule has 5 heteroatoms. The molecule has 0 radical (unpaired) electrons. The molecular weight excluding hydrogens is 362 g/mol. The largest absolute Gasteiger partial charge is 0.377 e. The summed E-state index contributed by atoms with van der Waals surface area (Å²) < 4.78 is 0. The topological polar surface area (TPSA) is 52.7 Å². The van der Waals surface area contributed by atoms with Gasteiger partial charge < -0.3 is 15.1 Å². The molecule has 1 aliphatic rings. The van der Waals surface area contributed by atoms with Gasteiger partial charge in [0.2, 0.25) is 5.91 Å². The summed E-state index contributed by atoms with van der Waals surface area (Å²) in [7, 11) is 3.88. The Bertz CT molecular complexity index is 713. The molecule has 162 valence electrons. The van der Waals surface area contributed by atoms with Crippen LogP contribution in [0.1, 0.15) is 70.7 Å². The lowest BCUT2D eigenvalue weighted by Gasteiger charge is -2.31. The second-order valence-electron chi connectivity index (χ2n) is 10.2. The number of likely N-dealkylation sites (tertiary alicyclic amines) is 1. The maximum atomic E-state index is 13.2. The highest BCUT2D eigenvalue weighted by Crippen LogP contribution is 2.28. The Morgan fingerprint density at radius 1 is 1.21 bits per heavy atom. The van der Waals surface area contributed by atoms with Crippen molar-refractivity contribution in [2.24, 2.45) is 17.3 Å². The first kappa shape index (κ1) is 23.2. The molecule has 1 fully saturated rings. The average molecular weight is 402 g/mol. The average Bonchev–Trinajstić information content (AvgIpc) is 2.59. The summed E-state index contributed by atoms with van der Waals surface area (Å²) in [6.45, 7) is 12.5. The van der Waals surface area contributed by atoms with Crippen LogP contribution in [0.2, 0.25) is 0 Å². The number of hydrogen-bond donors (Lipinski definition) is 1. The van der Waals surface area contributed by atoms with E-state index in [1.807, 2.05) is 42.1 Å². The van der Waals surface area contributed by atoms with Crippen LogP contribution in [0.15, 0.2) is 18.2 Å². The highest BCUT2D eigenvalue weighted by molar-refractivity contribution is 6.02. The van der Waals surface area contributed by atoms with Gasteiger partial charge in [-0.15, -0.1) is 0 Å². The van der Waals surface area contributed by atoms with Gasteiger partial charge in [0.05, 0.1) is 5.56 Å². The van der Waals surface area contributed by atoms with Crippen LogP contribution in [-0.4, -0.2) is 43.9 Å². The number of nitrogens with one attached hydrogen (secondary N) is 1. The highest BCUT2D eigenvalue weighted by Gasteiger charge is 2.24. The van der Waals surface area contributed by atoms with Gasteiger partial charge in [0.25, 0.3) is 5.91 Å². The molecule has 1 aromatic carbocycles. The van der Waals surface area contributed by atoms with Gasteiger partial charge in [0.15, 0.2) is 0 Å². The van der Waals surface area contributed by atoms with Crippen LogP contribution >= 0.6 is 0 Å². The number of carbonyl (C=O) groups excluding carboxylic acids is 2. The molecule has 0 aliphatic carbocycles. The summed E-state index contributed by atoms with van der Waals surface area (Å²) in [6, 6.07) is 5.65. The van der Waals surface area contributed by atoms with Gasteiger partial charge >= 0.3 is 0 Å². The lowest BCUT2D eigenvalue weighted by molar-refractivity contribution is -0.117. The molecule has 0 spiro atoms. The first-order chi connectivity index (χ1) is 13.5. The standard InChI is InChI=1S/C24H39N3O2/c1-17-10-12-27(13-11-17)23(29)20-15-19(8-9-21(20)26(6)7)25-22(28)14-18(2)16-24(3,4)5/h8-9,15,17-18H,10-14,16H2,1-7H3,(H,25,28). The second-order valence-corrected chi connectivity index (χ2v) is 10.2. The molecule has 2 rings (SSSR count). The molecular formula is C24H39N3O2. The summed E-state index contributed by atoms with van der Waals surface area (Å²) in [5.41, 5.74) is 2.44. The zero-order valence-electron chi connectivity index (χ0n) is 19.3. The number of piperidine rings is 1. The predicted molar refractivity (Wildman–Crippen MR) is 122 cm³/mol. The van der Waals surface area contributed by atoms with E-state index < -0.39 is 0 Å². The quantitative estimate of drug-likeness (QED) is 0.728. The van der Waals surface area contributed by atoms with Gasteiger partial charge in [-0.1, -0.05) is 34.6 Å². The maximum absolute atomic E-state index is 13.2. The van der Waals surface area contributed by atoms with Gasteiger partial charge in [-0.05, 0) is 54.7 Å². The van der Waals surface area contributed by atoms with E-state index in [9.17, 15) is 9.59 Å². The monoisotopic (exact) mass is 401 g/mol. The van der Waals surface area contributed by atoms with E-state index in [0.717, 1.165) is 38.0 Å². The van der Waals surface area contributed by atoms with E-state index in [1.54, 1.807) is 0 Å². The predicted octanol–water partition coefficient (Wildman–Crippen LogP) is 5.03. The zero-order chi connectivity index (χ0) is 21.8. The Labute approximate surface area is 176 Å². The van der Waals surface area contributed by atoms with E-state index in [4.69, 9.17) is 0 Å². The van der Waals surface area contributed by atoms with E-state index in [2.05, 4.69) is 39.9 Å². The number of carbonyl (C=O) groups is 2. The van der Waals surface area contributed by atoms with E-state index in [0.29, 0.717) is 29.5 Å². The van der Waals surface area contributed by atoms with Gasteiger partial charge in [0.1, 0.15) is 0 Å².